The number of halogens is 1. The number of ether oxygens (including phenoxy) is 1. The Morgan fingerprint density at radius 3 is 2.35 bits per heavy atom. The van der Waals surface area contributed by atoms with Gasteiger partial charge in [-0.25, -0.2) is 17.6 Å². The summed E-state index contributed by atoms with van der Waals surface area (Å²) in [6.07, 6.45) is 1.19. The van der Waals surface area contributed by atoms with Gasteiger partial charge in [0.05, 0.1) is 5.56 Å². The van der Waals surface area contributed by atoms with Crippen LogP contribution in [0.5, 0.6) is 0 Å². The molecule has 1 fully saturated rings. The summed E-state index contributed by atoms with van der Waals surface area (Å²) in [7, 11) is -4.07. The fraction of sp³-hybridized carbons (Fsp3) is 0.364. The number of carbonyl (C=O) groups is 2. The number of benzene rings is 2. The summed E-state index contributed by atoms with van der Waals surface area (Å²) < 4.78 is 46.3. The van der Waals surface area contributed by atoms with E-state index in [0.29, 0.717) is 31.6 Å². The summed E-state index contributed by atoms with van der Waals surface area (Å²) in [4.78, 5) is 24.2. The zero-order valence-corrected chi connectivity index (χ0v) is 18.2. The van der Waals surface area contributed by atoms with Gasteiger partial charge in [-0.15, -0.1) is 0 Å². The molecule has 0 spiro atoms. The van der Waals surface area contributed by atoms with Crippen LogP contribution in [0.3, 0.4) is 0 Å². The molecule has 7 nitrogen and oxygen atoms in total. The van der Waals surface area contributed by atoms with Gasteiger partial charge in [-0.3, -0.25) is 4.79 Å². The first kappa shape index (κ1) is 22.9. The fourth-order valence-corrected chi connectivity index (χ4v) is 4.84. The van der Waals surface area contributed by atoms with Crippen LogP contribution in [0.25, 0.3) is 0 Å². The Hall–Kier alpha value is -2.78. The number of rotatable bonds is 6. The second kappa shape index (κ2) is 9.57. The highest BCUT2D eigenvalue weighted by Gasteiger charge is 2.30. The van der Waals surface area contributed by atoms with Crippen LogP contribution in [0.15, 0.2) is 47.4 Å². The molecule has 0 aromatic heterocycles. The van der Waals surface area contributed by atoms with Gasteiger partial charge < -0.3 is 10.1 Å². The summed E-state index contributed by atoms with van der Waals surface area (Å²) in [5.74, 6) is -2.39. The minimum Gasteiger partial charge on any atom is -0.449 e. The van der Waals surface area contributed by atoms with Crippen LogP contribution in [0.4, 0.5) is 10.1 Å². The van der Waals surface area contributed by atoms with Crippen molar-refractivity contribution in [1.29, 1.82) is 0 Å². The molecule has 1 saturated heterocycles. The maximum Gasteiger partial charge on any atom is 0.338 e. The van der Waals surface area contributed by atoms with Crippen LogP contribution in [0.1, 0.15) is 42.1 Å². The van der Waals surface area contributed by atoms with Crippen LogP contribution in [-0.2, 0) is 19.6 Å². The lowest BCUT2D eigenvalue weighted by Gasteiger charge is -2.26. The predicted molar refractivity (Wildman–Crippen MR) is 114 cm³/mol. The summed E-state index contributed by atoms with van der Waals surface area (Å²) in [6.45, 7) is 3.94. The Balaban J connectivity index is 1.72. The van der Waals surface area contributed by atoms with Crippen molar-refractivity contribution in [3.63, 3.8) is 0 Å². The van der Waals surface area contributed by atoms with E-state index < -0.39 is 38.7 Å². The lowest BCUT2D eigenvalue weighted by atomic mass is 10.2. The van der Waals surface area contributed by atoms with Crippen LogP contribution in [0, 0.1) is 12.7 Å². The Kier molecular flexibility index (Phi) is 7.07. The number of nitrogens with one attached hydrogen (secondary N) is 1. The average molecular weight is 449 g/mol. The van der Waals surface area contributed by atoms with Crippen LogP contribution < -0.4 is 5.32 Å². The SMILES string of the molecule is Cc1ccc(NC(=O)[C@@H](C)OC(=O)c2ccc(F)c(S(=O)(=O)N3CCCCC3)c2)cc1. The van der Waals surface area contributed by atoms with Crippen molar-refractivity contribution < 1.29 is 27.1 Å². The molecule has 1 aliphatic rings. The maximum atomic E-state index is 14.3. The second-order valence-corrected chi connectivity index (χ2v) is 9.42. The van der Waals surface area contributed by atoms with Crippen molar-refractivity contribution in [1.82, 2.24) is 4.31 Å². The Bertz CT molecular complexity index is 1060. The van der Waals surface area contributed by atoms with Crippen LogP contribution >= 0.6 is 0 Å². The van der Waals surface area contributed by atoms with Gasteiger partial charge in [0.2, 0.25) is 10.0 Å². The van der Waals surface area contributed by atoms with Crippen molar-refractivity contribution >= 4 is 27.6 Å². The summed E-state index contributed by atoms with van der Waals surface area (Å²) in [5, 5.41) is 2.63. The lowest BCUT2D eigenvalue weighted by molar-refractivity contribution is -0.123. The number of anilines is 1. The lowest BCUT2D eigenvalue weighted by Crippen LogP contribution is -2.36. The molecule has 1 amide bonds. The maximum absolute atomic E-state index is 14.3. The molecule has 0 saturated carbocycles. The molecule has 0 radical (unpaired) electrons. The highest BCUT2D eigenvalue weighted by atomic mass is 32.2. The highest BCUT2D eigenvalue weighted by Crippen LogP contribution is 2.24. The molecule has 1 N–H and O–H groups in total. The fourth-order valence-electron chi connectivity index (χ4n) is 3.24. The van der Waals surface area contributed by atoms with Crippen LogP contribution in [-0.4, -0.2) is 43.8 Å². The zero-order chi connectivity index (χ0) is 22.6. The van der Waals surface area contributed by atoms with E-state index in [4.69, 9.17) is 4.74 Å². The first-order valence-electron chi connectivity index (χ1n) is 10.1. The molecule has 2 aromatic rings. The van der Waals surface area contributed by atoms with E-state index >= 15 is 0 Å². The molecule has 0 unspecified atom stereocenters. The minimum atomic E-state index is -4.07. The number of hydrogen-bond donors (Lipinski definition) is 1. The van der Waals surface area contributed by atoms with Crippen molar-refractivity contribution in [2.24, 2.45) is 0 Å². The van der Waals surface area contributed by atoms with E-state index in [1.165, 1.54) is 11.2 Å². The highest BCUT2D eigenvalue weighted by molar-refractivity contribution is 7.89. The monoisotopic (exact) mass is 448 g/mol. The predicted octanol–water partition coefficient (Wildman–Crippen LogP) is 3.49. The number of nitrogens with zero attached hydrogens (tertiary/aromatic N) is 1. The zero-order valence-electron chi connectivity index (χ0n) is 17.4. The summed E-state index contributed by atoms with van der Waals surface area (Å²) in [6, 6.07) is 10.1. The van der Waals surface area contributed by atoms with E-state index in [0.717, 1.165) is 30.2 Å². The molecule has 1 aliphatic heterocycles. The van der Waals surface area contributed by atoms with Crippen molar-refractivity contribution in [3.05, 3.63) is 59.4 Å². The van der Waals surface area contributed by atoms with E-state index in [2.05, 4.69) is 5.32 Å². The molecule has 9 heteroatoms. The van der Waals surface area contributed by atoms with Gasteiger partial charge in [0.15, 0.2) is 6.10 Å². The third-order valence-corrected chi connectivity index (χ3v) is 6.99. The average Bonchev–Trinajstić information content (AvgIpc) is 2.76. The quantitative estimate of drug-likeness (QED) is 0.683. The van der Waals surface area contributed by atoms with Crippen LogP contribution in [0.2, 0.25) is 0 Å². The molecular formula is C22H25FN2O5S. The Morgan fingerprint density at radius 2 is 1.71 bits per heavy atom. The molecule has 3 rings (SSSR count). The normalized spacial score (nSPS) is 15.8. The number of hydrogen-bond acceptors (Lipinski definition) is 5. The van der Waals surface area contributed by atoms with Gasteiger partial charge in [-0.05, 0) is 57.0 Å². The molecule has 1 heterocycles. The summed E-state index contributed by atoms with van der Waals surface area (Å²) in [5.41, 5.74) is 1.44. The molecule has 0 bridgehead atoms. The Labute approximate surface area is 181 Å². The molecule has 1 atom stereocenters. The number of sulfonamides is 1. The van der Waals surface area contributed by atoms with E-state index in [-0.39, 0.29) is 5.56 Å². The minimum absolute atomic E-state index is 0.146. The van der Waals surface area contributed by atoms with Gasteiger partial charge in [0, 0.05) is 18.8 Å². The molecular weight excluding hydrogens is 423 g/mol. The third-order valence-electron chi connectivity index (χ3n) is 5.07. The smallest absolute Gasteiger partial charge is 0.338 e. The largest absolute Gasteiger partial charge is 0.449 e. The van der Waals surface area contributed by atoms with E-state index in [1.807, 2.05) is 19.1 Å². The van der Waals surface area contributed by atoms with Crippen molar-refractivity contribution in [2.75, 3.05) is 18.4 Å². The molecule has 31 heavy (non-hydrogen) atoms. The topological polar surface area (TPSA) is 92.8 Å². The molecule has 2 aromatic carbocycles. The van der Waals surface area contributed by atoms with Gasteiger partial charge >= 0.3 is 5.97 Å². The van der Waals surface area contributed by atoms with Gasteiger partial charge in [-0.2, -0.15) is 4.31 Å². The van der Waals surface area contributed by atoms with Gasteiger partial charge in [0.1, 0.15) is 10.7 Å². The Morgan fingerprint density at radius 1 is 1.06 bits per heavy atom. The molecule has 166 valence electrons. The molecule has 0 aliphatic carbocycles. The first-order chi connectivity index (χ1) is 14.7. The number of carbonyl (C=O) groups excluding carboxylic acids is 2. The standard InChI is InChI=1S/C22H25FN2O5S/c1-15-6-9-18(10-7-15)24-21(26)16(2)30-22(27)17-8-11-19(23)20(14-17)31(28,29)25-12-4-3-5-13-25/h6-11,14,16H,3-5,12-13H2,1-2H3,(H,24,26)/t16-/m1/s1. The summed E-state index contributed by atoms with van der Waals surface area (Å²) >= 11 is 0. The van der Waals surface area contributed by atoms with E-state index in [1.54, 1.807) is 12.1 Å². The van der Waals surface area contributed by atoms with Gasteiger partial charge in [-0.1, -0.05) is 24.1 Å². The number of esters is 1. The first-order valence-corrected chi connectivity index (χ1v) is 11.5. The second-order valence-electron chi connectivity index (χ2n) is 7.51. The number of amides is 1. The van der Waals surface area contributed by atoms with Crippen molar-refractivity contribution in [2.45, 2.75) is 44.1 Å². The van der Waals surface area contributed by atoms with Gasteiger partial charge in [0.25, 0.3) is 5.91 Å². The number of aryl methyl sites for hydroxylation is 1. The third kappa shape index (κ3) is 5.48. The number of piperidine rings is 1. The van der Waals surface area contributed by atoms with E-state index in [9.17, 15) is 22.4 Å². The van der Waals surface area contributed by atoms with Crippen molar-refractivity contribution in [3.8, 4) is 0 Å².